The molecule has 106 valence electrons. The number of guanidine groups is 1. The van der Waals surface area contributed by atoms with Crippen LogP contribution in [-0.4, -0.2) is 26.9 Å². The third-order valence-corrected chi connectivity index (χ3v) is 2.04. The van der Waals surface area contributed by atoms with E-state index in [1.54, 1.807) is 18.2 Å². The molecule has 1 aromatic rings. The van der Waals surface area contributed by atoms with Gasteiger partial charge in [-0.1, -0.05) is 29.3 Å². The minimum absolute atomic E-state index is 0.246. The van der Waals surface area contributed by atoms with Gasteiger partial charge in [0.25, 0.3) is 0 Å². The Balaban J connectivity index is 0.000000555. The van der Waals surface area contributed by atoms with Gasteiger partial charge in [-0.15, -0.1) is 0 Å². The van der Waals surface area contributed by atoms with Crippen LogP contribution in [0.25, 0.3) is 0 Å². The molecule has 0 saturated carbocycles. The largest absolute Gasteiger partial charge is 0.466 e. The average molecular weight is 329 g/mol. The summed E-state index contributed by atoms with van der Waals surface area (Å²) in [6.45, 7) is 0. The standard InChI is InChI=1S/C8H8Cl2N4.H3O4P/c9-6-2-1-3-7(10)5(6)4-13-14-8(11)12;1-5(2,3)4/h1-4H,(H4,11,12,14);(H3,1,2,3,4). The minimum Gasteiger partial charge on any atom is -0.369 e. The molecule has 0 aromatic heterocycles. The molecule has 0 bridgehead atoms. The molecule has 8 nitrogen and oxygen atoms in total. The maximum Gasteiger partial charge on any atom is 0.466 e. The van der Waals surface area contributed by atoms with E-state index in [0.29, 0.717) is 15.6 Å². The van der Waals surface area contributed by atoms with Crippen molar-refractivity contribution in [2.75, 3.05) is 0 Å². The molecule has 0 heterocycles. The van der Waals surface area contributed by atoms with Crippen LogP contribution in [0.4, 0.5) is 0 Å². The summed E-state index contributed by atoms with van der Waals surface area (Å²) < 4.78 is 8.88. The van der Waals surface area contributed by atoms with Crippen LogP contribution in [0.1, 0.15) is 5.56 Å². The molecule has 19 heavy (non-hydrogen) atoms. The molecule has 1 rings (SSSR count). The van der Waals surface area contributed by atoms with E-state index in [2.05, 4.69) is 10.5 Å². The van der Waals surface area contributed by atoms with Gasteiger partial charge in [-0.25, -0.2) is 9.99 Å². The number of nitrogens with zero attached hydrogens (tertiary/aromatic N) is 1. The summed E-state index contributed by atoms with van der Waals surface area (Å²) in [5, 5.41) is 11.5. The van der Waals surface area contributed by atoms with Crippen molar-refractivity contribution < 1.29 is 19.2 Å². The number of hydrogen-bond acceptors (Lipinski definition) is 3. The van der Waals surface area contributed by atoms with Crippen molar-refractivity contribution in [3.05, 3.63) is 33.8 Å². The van der Waals surface area contributed by atoms with Crippen LogP contribution in [-0.2, 0) is 4.57 Å². The number of halogens is 2. The summed E-state index contributed by atoms with van der Waals surface area (Å²) in [7, 11) is -4.64. The highest BCUT2D eigenvalue weighted by molar-refractivity contribution is 7.45. The van der Waals surface area contributed by atoms with E-state index in [-0.39, 0.29) is 5.96 Å². The maximum atomic E-state index is 8.88. The summed E-state index contributed by atoms with van der Waals surface area (Å²) >= 11 is 11.7. The minimum atomic E-state index is -4.64. The number of nitrogens with one attached hydrogen (secondary N) is 2. The van der Waals surface area contributed by atoms with E-state index in [1.807, 2.05) is 0 Å². The molecule has 1 aromatic carbocycles. The maximum absolute atomic E-state index is 8.88. The second-order valence-corrected chi connectivity index (χ2v) is 4.77. The first-order valence-electron chi connectivity index (χ1n) is 4.46. The van der Waals surface area contributed by atoms with Crippen molar-refractivity contribution >= 4 is 43.2 Å². The third-order valence-electron chi connectivity index (χ3n) is 1.38. The second kappa shape index (κ2) is 8.11. The Morgan fingerprint density at radius 1 is 1.37 bits per heavy atom. The molecule has 0 aliphatic carbocycles. The Morgan fingerprint density at radius 3 is 2.16 bits per heavy atom. The Hall–Kier alpha value is -1.15. The van der Waals surface area contributed by atoms with Crippen molar-refractivity contribution in [2.45, 2.75) is 0 Å². The predicted molar refractivity (Wildman–Crippen MR) is 73.4 cm³/mol. The first-order valence-corrected chi connectivity index (χ1v) is 6.78. The van der Waals surface area contributed by atoms with E-state index >= 15 is 0 Å². The summed E-state index contributed by atoms with van der Waals surface area (Å²) in [5.74, 6) is -0.246. The lowest BCUT2D eigenvalue weighted by Crippen LogP contribution is -2.25. The molecule has 0 amide bonds. The number of phosphoric acid groups is 1. The van der Waals surface area contributed by atoms with Crippen LogP contribution < -0.4 is 11.2 Å². The van der Waals surface area contributed by atoms with E-state index < -0.39 is 7.82 Å². The molecular formula is C8H11Cl2N4O4P. The summed E-state index contributed by atoms with van der Waals surface area (Å²) in [6, 6.07) is 5.13. The van der Waals surface area contributed by atoms with E-state index in [0.717, 1.165) is 0 Å². The fraction of sp³-hybridized carbons (Fsp3) is 0. The van der Waals surface area contributed by atoms with Gasteiger partial charge in [0.05, 0.1) is 16.3 Å². The lowest BCUT2D eigenvalue weighted by Gasteiger charge is -2.00. The Kier molecular flexibility index (Phi) is 7.62. The van der Waals surface area contributed by atoms with Gasteiger partial charge in [0, 0.05) is 5.56 Å². The van der Waals surface area contributed by atoms with Crippen LogP contribution >= 0.6 is 31.0 Å². The molecule has 0 radical (unpaired) electrons. The van der Waals surface area contributed by atoms with Gasteiger partial charge < -0.3 is 20.4 Å². The number of benzene rings is 1. The summed E-state index contributed by atoms with van der Waals surface area (Å²) in [5.41, 5.74) is 7.87. The van der Waals surface area contributed by atoms with Gasteiger partial charge in [-0.3, -0.25) is 5.41 Å². The zero-order chi connectivity index (χ0) is 15.1. The van der Waals surface area contributed by atoms with Gasteiger partial charge in [-0.05, 0) is 12.1 Å². The number of hydrazone groups is 1. The van der Waals surface area contributed by atoms with Gasteiger partial charge in [-0.2, -0.15) is 5.10 Å². The highest BCUT2D eigenvalue weighted by Gasteiger charge is 2.01. The van der Waals surface area contributed by atoms with Gasteiger partial charge >= 0.3 is 7.82 Å². The lowest BCUT2D eigenvalue weighted by molar-refractivity contribution is 0.275. The Labute approximate surface area is 118 Å². The monoisotopic (exact) mass is 328 g/mol. The Morgan fingerprint density at radius 2 is 1.79 bits per heavy atom. The molecule has 0 aliphatic heterocycles. The number of nitrogens with two attached hydrogens (primary N) is 1. The van der Waals surface area contributed by atoms with E-state index in [4.69, 9.17) is 53.6 Å². The van der Waals surface area contributed by atoms with Crippen LogP contribution in [0.5, 0.6) is 0 Å². The SMILES string of the molecule is N=C(N)NN=Cc1c(Cl)cccc1Cl.O=P(O)(O)O. The normalized spacial score (nSPS) is 10.8. The van der Waals surface area contributed by atoms with Crippen molar-refractivity contribution in [1.29, 1.82) is 5.41 Å². The van der Waals surface area contributed by atoms with Crippen molar-refractivity contribution in [3.63, 3.8) is 0 Å². The molecule has 0 spiro atoms. The molecule has 0 aliphatic rings. The summed E-state index contributed by atoms with van der Waals surface area (Å²) in [6.07, 6.45) is 1.41. The molecular weight excluding hydrogens is 318 g/mol. The predicted octanol–water partition coefficient (Wildman–Crippen LogP) is 0.882. The van der Waals surface area contributed by atoms with Crippen LogP contribution in [0.3, 0.4) is 0 Å². The summed E-state index contributed by atoms with van der Waals surface area (Å²) in [4.78, 5) is 21.6. The topological polar surface area (TPSA) is 152 Å². The lowest BCUT2D eigenvalue weighted by atomic mass is 10.2. The third kappa shape index (κ3) is 10.5. The fourth-order valence-corrected chi connectivity index (χ4v) is 1.30. The second-order valence-electron chi connectivity index (χ2n) is 2.93. The Bertz CT molecular complexity index is 491. The first-order chi connectivity index (χ1) is 8.61. The molecule has 7 N–H and O–H groups in total. The first kappa shape index (κ1) is 17.8. The quantitative estimate of drug-likeness (QED) is 0.205. The smallest absolute Gasteiger partial charge is 0.369 e. The van der Waals surface area contributed by atoms with Gasteiger partial charge in [0.2, 0.25) is 5.96 Å². The van der Waals surface area contributed by atoms with Crippen LogP contribution in [0.2, 0.25) is 10.0 Å². The average Bonchev–Trinajstić information content (AvgIpc) is 2.19. The highest BCUT2D eigenvalue weighted by atomic mass is 35.5. The molecule has 11 heteroatoms. The number of hydrogen-bond donors (Lipinski definition) is 6. The van der Waals surface area contributed by atoms with Crippen LogP contribution in [0, 0.1) is 5.41 Å². The van der Waals surface area contributed by atoms with E-state index in [1.165, 1.54) is 6.21 Å². The van der Waals surface area contributed by atoms with E-state index in [9.17, 15) is 0 Å². The molecule has 0 atom stereocenters. The van der Waals surface area contributed by atoms with Crippen LogP contribution in [0.15, 0.2) is 23.3 Å². The van der Waals surface area contributed by atoms with Crippen molar-refractivity contribution in [2.24, 2.45) is 10.8 Å². The van der Waals surface area contributed by atoms with Gasteiger partial charge in [0.1, 0.15) is 0 Å². The molecule has 0 fully saturated rings. The molecule has 0 saturated heterocycles. The van der Waals surface area contributed by atoms with Gasteiger partial charge in [0.15, 0.2) is 0 Å². The fourth-order valence-electron chi connectivity index (χ4n) is 0.800. The highest BCUT2D eigenvalue weighted by Crippen LogP contribution is 2.25. The zero-order valence-corrected chi connectivity index (χ0v) is 11.7. The van der Waals surface area contributed by atoms with Crippen molar-refractivity contribution in [1.82, 2.24) is 5.43 Å². The van der Waals surface area contributed by atoms with Crippen molar-refractivity contribution in [3.8, 4) is 0 Å². The molecule has 0 unspecified atom stereocenters. The zero-order valence-electron chi connectivity index (χ0n) is 9.29. The number of rotatable bonds is 2.